The second kappa shape index (κ2) is 8.39. The van der Waals surface area contributed by atoms with E-state index in [0.717, 1.165) is 17.8 Å². The quantitative estimate of drug-likeness (QED) is 0.551. The summed E-state index contributed by atoms with van der Waals surface area (Å²) >= 11 is 0. The number of nitrogens with zero attached hydrogens (tertiary/aromatic N) is 1. The second-order valence-corrected chi connectivity index (χ2v) is 5.21. The maximum Gasteiger partial charge on any atom is 0.416 e. The first-order valence-electron chi connectivity index (χ1n) is 7.45. The Labute approximate surface area is 143 Å². The van der Waals surface area contributed by atoms with Crippen molar-refractivity contribution < 1.29 is 23.0 Å². The van der Waals surface area contributed by atoms with Crippen LogP contribution in [0.5, 0.6) is 5.75 Å². The fourth-order valence-corrected chi connectivity index (χ4v) is 1.92. The van der Waals surface area contributed by atoms with Gasteiger partial charge in [-0.2, -0.15) is 13.2 Å². The third-order valence-electron chi connectivity index (χ3n) is 3.12. The zero-order chi connectivity index (χ0) is 18.3. The average molecular weight is 353 g/mol. The summed E-state index contributed by atoms with van der Waals surface area (Å²) in [6.45, 7) is -0.256. The van der Waals surface area contributed by atoms with Gasteiger partial charge in [0.2, 0.25) is 0 Å². The number of hydrogen-bond acceptors (Lipinski definition) is 3. The first kappa shape index (κ1) is 18.6. The molecule has 2 aromatic carbocycles. The number of guanidine groups is 1. The first-order chi connectivity index (χ1) is 11.8. The number of hydrogen-bond donors (Lipinski definition) is 3. The lowest BCUT2D eigenvalue weighted by Crippen LogP contribution is -2.27. The molecule has 2 aromatic rings. The van der Waals surface area contributed by atoms with Crippen LogP contribution in [0.25, 0.3) is 0 Å². The molecule has 25 heavy (non-hydrogen) atoms. The van der Waals surface area contributed by atoms with E-state index in [1.165, 1.54) is 12.1 Å². The number of rotatable bonds is 6. The number of ether oxygens (including phenoxy) is 1. The van der Waals surface area contributed by atoms with Gasteiger partial charge in [0.1, 0.15) is 18.5 Å². The third-order valence-corrected chi connectivity index (χ3v) is 3.12. The Morgan fingerprint density at radius 3 is 2.56 bits per heavy atom. The van der Waals surface area contributed by atoms with Crippen molar-refractivity contribution in [2.75, 3.05) is 18.5 Å². The fraction of sp³-hybridized carbons (Fsp3) is 0.235. The summed E-state index contributed by atoms with van der Waals surface area (Å²) in [7, 11) is 0. The SMILES string of the molecule is NC(=NCC(O)COc1cccc(C(F)(F)F)c1)Nc1ccccc1. The molecule has 0 aliphatic rings. The second-order valence-electron chi connectivity index (χ2n) is 5.21. The predicted octanol–water partition coefficient (Wildman–Crippen LogP) is 2.87. The average Bonchev–Trinajstić information content (AvgIpc) is 2.58. The smallest absolute Gasteiger partial charge is 0.416 e. The monoisotopic (exact) mass is 353 g/mol. The molecule has 1 unspecified atom stereocenters. The topological polar surface area (TPSA) is 79.9 Å². The maximum atomic E-state index is 12.6. The van der Waals surface area contributed by atoms with E-state index in [-0.39, 0.29) is 24.9 Å². The van der Waals surface area contributed by atoms with E-state index >= 15 is 0 Å². The standard InChI is InChI=1S/C17H18F3N3O2/c18-17(19,20)12-5-4-8-15(9-12)25-11-14(24)10-22-16(21)23-13-6-2-1-3-7-13/h1-9,14,24H,10-11H2,(H3,21,22,23). The van der Waals surface area contributed by atoms with Gasteiger partial charge in [0.15, 0.2) is 5.96 Å². The number of aliphatic hydroxyl groups is 1. The normalized spacial score (nSPS) is 13.4. The van der Waals surface area contributed by atoms with E-state index in [9.17, 15) is 18.3 Å². The molecule has 8 heteroatoms. The molecular formula is C17H18F3N3O2. The van der Waals surface area contributed by atoms with Gasteiger partial charge in [0, 0.05) is 5.69 Å². The van der Waals surface area contributed by atoms with E-state index in [1.54, 1.807) is 12.1 Å². The molecule has 0 aromatic heterocycles. The highest BCUT2D eigenvalue weighted by Gasteiger charge is 2.30. The van der Waals surface area contributed by atoms with Crippen LogP contribution in [0.3, 0.4) is 0 Å². The lowest BCUT2D eigenvalue weighted by atomic mass is 10.2. The van der Waals surface area contributed by atoms with Crippen molar-refractivity contribution >= 4 is 11.6 Å². The number of halogens is 3. The van der Waals surface area contributed by atoms with Crippen molar-refractivity contribution in [3.05, 3.63) is 60.2 Å². The molecule has 0 spiro atoms. The number of nitrogens with two attached hydrogens (primary N) is 1. The zero-order valence-corrected chi connectivity index (χ0v) is 13.2. The summed E-state index contributed by atoms with van der Waals surface area (Å²) in [5.41, 5.74) is 5.63. The van der Waals surface area contributed by atoms with Crippen LogP contribution in [0.2, 0.25) is 0 Å². The summed E-state index contributed by atoms with van der Waals surface area (Å²) in [5, 5.41) is 12.7. The van der Waals surface area contributed by atoms with Gasteiger partial charge < -0.3 is 20.9 Å². The summed E-state index contributed by atoms with van der Waals surface area (Å²) in [5.74, 6) is 0.137. The molecule has 2 rings (SSSR count). The first-order valence-corrected chi connectivity index (χ1v) is 7.45. The molecule has 0 radical (unpaired) electrons. The molecule has 0 aliphatic heterocycles. The Morgan fingerprint density at radius 1 is 1.16 bits per heavy atom. The highest BCUT2D eigenvalue weighted by atomic mass is 19.4. The number of anilines is 1. The molecule has 0 bridgehead atoms. The summed E-state index contributed by atoms with van der Waals surface area (Å²) in [4.78, 5) is 3.96. The van der Waals surface area contributed by atoms with Gasteiger partial charge in [0.05, 0.1) is 12.1 Å². The van der Waals surface area contributed by atoms with Crippen molar-refractivity contribution in [2.24, 2.45) is 10.7 Å². The minimum Gasteiger partial charge on any atom is -0.491 e. The molecule has 0 aliphatic carbocycles. The Morgan fingerprint density at radius 2 is 1.88 bits per heavy atom. The van der Waals surface area contributed by atoms with E-state index in [4.69, 9.17) is 10.5 Å². The van der Waals surface area contributed by atoms with E-state index in [1.807, 2.05) is 18.2 Å². The molecule has 0 saturated carbocycles. The molecular weight excluding hydrogens is 335 g/mol. The maximum absolute atomic E-state index is 12.6. The van der Waals surface area contributed by atoms with E-state index in [0.29, 0.717) is 0 Å². The number of para-hydroxylation sites is 1. The minimum atomic E-state index is -4.44. The molecule has 4 N–H and O–H groups in total. The van der Waals surface area contributed by atoms with Crippen molar-refractivity contribution in [1.82, 2.24) is 0 Å². The predicted molar refractivity (Wildman–Crippen MR) is 89.5 cm³/mol. The van der Waals surface area contributed by atoms with Crippen LogP contribution >= 0.6 is 0 Å². The minimum absolute atomic E-state index is 0.0215. The zero-order valence-electron chi connectivity index (χ0n) is 13.2. The molecule has 0 fully saturated rings. The van der Waals surface area contributed by atoms with E-state index in [2.05, 4.69) is 10.3 Å². The lowest BCUT2D eigenvalue weighted by Gasteiger charge is -2.13. The molecule has 134 valence electrons. The summed E-state index contributed by atoms with van der Waals surface area (Å²) in [6, 6.07) is 13.6. The molecule has 1 atom stereocenters. The van der Waals surface area contributed by atoms with Crippen LogP contribution in [0.1, 0.15) is 5.56 Å². The number of nitrogens with one attached hydrogen (secondary N) is 1. The Kier molecular flexibility index (Phi) is 6.24. The Hall–Kier alpha value is -2.74. The summed E-state index contributed by atoms with van der Waals surface area (Å²) in [6.07, 6.45) is -5.45. The fourth-order valence-electron chi connectivity index (χ4n) is 1.92. The highest BCUT2D eigenvalue weighted by Crippen LogP contribution is 2.31. The molecule has 0 heterocycles. The molecule has 5 nitrogen and oxygen atoms in total. The van der Waals surface area contributed by atoms with Gasteiger partial charge in [-0.3, -0.25) is 4.99 Å². The van der Waals surface area contributed by atoms with Gasteiger partial charge in [-0.25, -0.2) is 0 Å². The number of aliphatic hydroxyl groups excluding tert-OH is 1. The van der Waals surface area contributed by atoms with Crippen LogP contribution in [-0.4, -0.2) is 30.3 Å². The molecule has 0 amide bonds. The lowest BCUT2D eigenvalue weighted by molar-refractivity contribution is -0.137. The van der Waals surface area contributed by atoms with Crippen LogP contribution in [0.4, 0.5) is 18.9 Å². The van der Waals surface area contributed by atoms with Gasteiger partial charge in [0.25, 0.3) is 0 Å². The van der Waals surface area contributed by atoms with Crippen molar-refractivity contribution in [2.45, 2.75) is 12.3 Å². The van der Waals surface area contributed by atoms with Crippen molar-refractivity contribution in [1.29, 1.82) is 0 Å². The largest absolute Gasteiger partial charge is 0.491 e. The highest BCUT2D eigenvalue weighted by molar-refractivity contribution is 5.92. The van der Waals surface area contributed by atoms with Crippen LogP contribution in [0.15, 0.2) is 59.6 Å². The van der Waals surface area contributed by atoms with E-state index < -0.39 is 17.8 Å². The number of benzene rings is 2. The third kappa shape index (κ3) is 6.34. The van der Waals surface area contributed by atoms with Gasteiger partial charge in [-0.05, 0) is 30.3 Å². The van der Waals surface area contributed by atoms with Gasteiger partial charge >= 0.3 is 6.18 Å². The van der Waals surface area contributed by atoms with Gasteiger partial charge in [-0.15, -0.1) is 0 Å². The Bertz CT molecular complexity index is 706. The van der Waals surface area contributed by atoms with Crippen LogP contribution in [-0.2, 0) is 6.18 Å². The van der Waals surface area contributed by atoms with Crippen LogP contribution in [0, 0.1) is 0 Å². The van der Waals surface area contributed by atoms with Crippen molar-refractivity contribution in [3.63, 3.8) is 0 Å². The van der Waals surface area contributed by atoms with Crippen molar-refractivity contribution in [3.8, 4) is 5.75 Å². The summed E-state index contributed by atoms with van der Waals surface area (Å²) < 4.78 is 43.0. The van der Waals surface area contributed by atoms with Crippen LogP contribution < -0.4 is 15.8 Å². The Balaban J connectivity index is 1.82. The number of alkyl halides is 3. The van der Waals surface area contributed by atoms with Gasteiger partial charge in [-0.1, -0.05) is 24.3 Å². The molecule has 0 saturated heterocycles. The number of aliphatic imine (C=N–C) groups is 1.